The number of benzene rings is 1. The van der Waals surface area contributed by atoms with Crippen LogP contribution >= 0.6 is 0 Å². The van der Waals surface area contributed by atoms with Crippen molar-refractivity contribution >= 4 is 23.8 Å². The van der Waals surface area contributed by atoms with E-state index in [1.54, 1.807) is 31.2 Å². The lowest BCUT2D eigenvalue weighted by Gasteiger charge is -2.24. The summed E-state index contributed by atoms with van der Waals surface area (Å²) in [6.45, 7) is 1.57. The Balaban J connectivity index is 1.80. The minimum Gasteiger partial charge on any atom is -0.481 e. The molecule has 2 aliphatic rings. The molecule has 144 valence electrons. The molecule has 1 aromatic carbocycles. The summed E-state index contributed by atoms with van der Waals surface area (Å²) in [5.41, 5.74) is -0.454. The zero-order valence-electron chi connectivity index (χ0n) is 15.1. The van der Waals surface area contributed by atoms with Crippen LogP contribution in [0, 0.1) is 5.92 Å². The maximum Gasteiger partial charge on any atom is 0.322 e. The Labute approximate surface area is 156 Å². The lowest BCUT2D eigenvalue weighted by molar-refractivity contribution is -0.142. The van der Waals surface area contributed by atoms with Gasteiger partial charge in [0.1, 0.15) is 5.54 Å². The van der Waals surface area contributed by atoms with E-state index in [-0.39, 0.29) is 5.91 Å². The number of hydrogen-bond donors (Lipinski definition) is 4. The van der Waals surface area contributed by atoms with E-state index in [0.29, 0.717) is 24.0 Å². The van der Waals surface area contributed by atoms with Crippen molar-refractivity contribution in [2.45, 2.75) is 50.6 Å². The van der Waals surface area contributed by atoms with Crippen molar-refractivity contribution < 1.29 is 24.3 Å². The van der Waals surface area contributed by atoms with Crippen LogP contribution in [0.3, 0.4) is 0 Å². The fourth-order valence-electron chi connectivity index (χ4n) is 3.75. The summed E-state index contributed by atoms with van der Waals surface area (Å²) in [5, 5.41) is 17.1. The van der Waals surface area contributed by atoms with Crippen LogP contribution in [0.25, 0.3) is 0 Å². The predicted octanol–water partition coefficient (Wildman–Crippen LogP) is 1.50. The third kappa shape index (κ3) is 3.79. The number of imide groups is 1. The van der Waals surface area contributed by atoms with E-state index in [1.807, 2.05) is 0 Å². The Kier molecular flexibility index (Phi) is 5.16. The average molecular weight is 373 g/mol. The minimum atomic E-state index is -1.25. The van der Waals surface area contributed by atoms with Crippen molar-refractivity contribution in [1.82, 2.24) is 16.0 Å². The van der Waals surface area contributed by atoms with Crippen molar-refractivity contribution in [1.29, 1.82) is 0 Å². The minimum absolute atomic E-state index is 0.316. The molecule has 1 saturated carbocycles. The van der Waals surface area contributed by atoms with E-state index in [4.69, 9.17) is 0 Å². The zero-order valence-corrected chi connectivity index (χ0v) is 15.1. The number of carboxylic acids is 1. The molecule has 1 unspecified atom stereocenters. The van der Waals surface area contributed by atoms with Gasteiger partial charge in [0.2, 0.25) is 0 Å². The highest BCUT2D eigenvalue weighted by Crippen LogP contribution is 2.26. The second kappa shape index (κ2) is 7.38. The number of hydrogen-bond acceptors (Lipinski definition) is 4. The second-order valence-corrected chi connectivity index (χ2v) is 7.28. The number of amides is 4. The molecule has 3 atom stereocenters. The van der Waals surface area contributed by atoms with Crippen molar-refractivity contribution in [2.75, 3.05) is 0 Å². The zero-order chi connectivity index (χ0) is 19.6. The topological polar surface area (TPSA) is 125 Å². The van der Waals surface area contributed by atoms with Gasteiger partial charge in [-0.15, -0.1) is 0 Å². The van der Waals surface area contributed by atoms with E-state index in [9.17, 15) is 24.3 Å². The predicted molar refractivity (Wildman–Crippen MR) is 95.9 cm³/mol. The molecule has 1 aliphatic heterocycles. The van der Waals surface area contributed by atoms with Crippen LogP contribution in [-0.2, 0) is 15.1 Å². The van der Waals surface area contributed by atoms with Crippen molar-refractivity contribution in [2.24, 2.45) is 5.92 Å². The maximum absolute atomic E-state index is 12.7. The lowest BCUT2D eigenvalue weighted by atomic mass is 9.90. The van der Waals surface area contributed by atoms with Crippen LogP contribution in [0.5, 0.6) is 0 Å². The molecule has 8 nitrogen and oxygen atoms in total. The molecule has 3 rings (SSSR count). The van der Waals surface area contributed by atoms with Crippen LogP contribution in [0.15, 0.2) is 24.3 Å². The lowest BCUT2D eigenvalue weighted by Crippen LogP contribution is -2.43. The van der Waals surface area contributed by atoms with Gasteiger partial charge < -0.3 is 15.7 Å². The molecule has 0 spiro atoms. The highest BCUT2D eigenvalue weighted by molar-refractivity contribution is 6.07. The molecule has 8 heteroatoms. The van der Waals surface area contributed by atoms with E-state index >= 15 is 0 Å². The number of rotatable bonds is 4. The van der Waals surface area contributed by atoms with Crippen molar-refractivity contribution in [3.8, 4) is 0 Å². The van der Waals surface area contributed by atoms with Gasteiger partial charge in [-0.1, -0.05) is 31.4 Å². The van der Waals surface area contributed by atoms with Crippen LogP contribution in [0.2, 0.25) is 0 Å². The first-order chi connectivity index (χ1) is 12.8. The molecule has 1 aromatic rings. The maximum atomic E-state index is 12.7. The summed E-state index contributed by atoms with van der Waals surface area (Å²) >= 11 is 0. The van der Waals surface area contributed by atoms with Crippen LogP contribution in [0.1, 0.15) is 54.9 Å². The number of carbonyl (C=O) groups excluding carboxylic acids is 3. The summed E-state index contributed by atoms with van der Waals surface area (Å²) in [6.07, 6.45) is 3.84. The Morgan fingerprint density at radius 1 is 1.19 bits per heavy atom. The Bertz CT molecular complexity index is 793. The fourth-order valence-corrected chi connectivity index (χ4v) is 3.75. The van der Waals surface area contributed by atoms with Crippen LogP contribution < -0.4 is 16.0 Å². The number of urea groups is 1. The van der Waals surface area contributed by atoms with Crippen molar-refractivity contribution in [3.05, 3.63) is 35.4 Å². The summed E-state index contributed by atoms with van der Waals surface area (Å²) in [6, 6.07) is 5.44. The van der Waals surface area contributed by atoms with Gasteiger partial charge in [-0.3, -0.25) is 19.7 Å². The number of carboxylic acid groups (broad SMARTS) is 1. The molecule has 1 saturated heterocycles. The Morgan fingerprint density at radius 3 is 2.59 bits per heavy atom. The molecule has 0 bridgehead atoms. The number of aliphatic carboxylic acids is 1. The quantitative estimate of drug-likeness (QED) is 0.470. The van der Waals surface area contributed by atoms with Gasteiger partial charge in [0.25, 0.3) is 11.8 Å². The van der Waals surface area contributed by atoms with Gasteiger partial charge in [-0.05, 0) is 37.5 Å². The molecule has 2 fully saturated rings. The largest absolute Gasteiger partial charge is 0.481 e. The molecule has 4 N–H and O–H groups in total. The number of nitrogens with one attached hydrogen (secondary N) is 3. The number of carbonyl (C=O) groups is 4. The smallest absolute Gasteiger partial charge is 0.322 e. The Morgan fingerprint density at radius 2 is 1.93 bits per heavy atom. The molecule has 0 aromatic heterocycles. The highest BCUT2D eigenvalue weighted by Gasteiger charge is 2.43. The summed E-state index contributed by atoms with van der Waals surface area (Å²) in [7, 11) is 0. The average Bonchev–Trinajstić information content (AvgIpc) is 2.78. The molecule has 1 heterocycles. The first-order valence-corrected chi connectivity index (χ1v) is 9.09. The molecule has 1 aliphatic carbocycles. The second-order valence-electron chi connectivity index (χ2n) is 7.28. The van der Waals surface area contributed by atoms with Crippen LogP contribution in [0.4, 0.5) is 4.79 Å². The molecule has 4 amide bonds. The molecular formula is C19H23N3O5. The first kappa shape index (κ1) is 18.9. The van der Waals surface area contributed by atoms with Gasteiger partial charge in [-0.2, -0.15) is 0 Å². The van der Waals surface area contributed by atoms with Gasteiger partial charge in [0, 0.05) is 11.6 Å². The summed E-state index contributed by atoms with van der Waals surface area (Å²) < 4.78 is 0. The SMILES string of the molecule is CC1(c2cccc(C(=O)N[C@H]3CCCCC[C@H]3C(=O)O)c2)NC(=O)NC1=O. The highest BCUT2D eigenvalue weighted by atomic mass is 16.4. The van der Waals surface area contributed by atoms with E-state index in [1.165, 1.54) is 0 Å². The van der Waals surface area contributed by atoms with E-state index < -0.39 is 35.4 Å². The molecular weight excluding hydrogens is 350 g/mol. The standard InChI is InChI=1S/C19H23N3O5/c1-19(17(26)21-18(27)22-19)12-7-5-6-11(10-12)15(23)20-14-9-4-2-3-8-13(14)16(24)25/h5-7,10,13-14H,2-4,8-9H2,1H3,(H,20,23)(H,24,25)(H2,21,22,26,27)/t13-,14+,19?/m1/s1. The fraction of sp³-hybridized carbons (Fsp3) is 0.474. The van der Waals surface area contributed by atoms with Gasteiger partial charge in [0.15, 0.2) is 0 Å². The molecule has 27 heavy (non-hydrogen) atoms. The van der Waals surface area contributed by atoms with E-state index in [0.717, 1.165) is 19.3 Å². The first-order valence-electron chi connectivity index (χ1n) is 9.09. The molecule has 0 radical (unpaired) electrons. The summed E-state index contributed by atoms with van der Waals surface area (Å²) in [4.78, 5) is 47.8. The summed E-state index contributed by atoms with van der Waals surface area (Å²) in [5.74, 6) is -2.37. The van der Waals surface area contributed by atoms with Crippen molar-refractivity contribution in [3.63, 3.8) is 0 Å². The van der Waals surface area contributed by atoms with Gasteiger partial charge in [-0.25, -0.2) is 4.79 Å². The third-order valence-electron chi connectivity index (χ3n) is 5.40. The Hall–Kier alpha value is -2.90. The van der Waals surface area contributed by atoms with E-state index in [2.05, 4.69) is 16.0 Å². The normalized spacial score (nSPS) is 28.0. The van der Waals surface area contributed by atoms with Crippen LogP contribution in [-0.4, -0.2) is 35.0 Å². The third-order valence-corrected chi connectivity index (χ3v) is 5.40. The monoisotopic (exact) mass is 373 g/mol. The van der Waals surface area contributed by atoms with Gasteiger partial charge in [0.05, 0.1) is 5.92 Å². The van der Waals surface area contributed by atoms with Gasteiger partial charge >= 0.3 is 12.0 Å².